The minimum atomic E-state index is 0.173. The van der Waals surface area contributed by atoms with Gasteiger partial charge in [-0.15, -0.1) is 0 Å². The Morgan fingerprint density at radius 3 is 2.62 bits per heavy atom. The lowest BCUT2D eigenvalue weighted by molar-refractivity contribution is 0.415. The van der Waals surface area contributed by atoms with Gasteiger partial charge in [0.05, 0.1) is 12.6 Å². The third-order valence-corrected chi connectivity index (χ3v) is 3.50. The standard InChI is InChI=1S/C17H17N3O/c1-12(13-6-4-3-5-7-13)20-17-15-9-8-14(21-2)10-16(15)18-11-19-17/h3-12H,1-2H3,(H,18,19,20). The van der Waals surface area contributed by atoms with Gasteiger partial charge in [0.15, 0.2) is 0 Å². The zero-order valence-corrected chi connectivity index (χ0v) is 12.1. The number of fused-ring (bicyclic) bond motifs is 1. The Kier molecular flexibility index (Phi) is 3.69. The Bertz CT molecular complexity index is 743. The van der Waals surface area contributed by atoms with Gasteiger partial charge in [-0.2, -0.15) is 0 Å². The van der Waals surface area contributed by atoms with Gasteiger partial charge in [0.25, 0.3) is 0 Å². The molecule has 0 bridgehead atoms. The molecule has 1 heterocycles. The molecule has 21 heavy (non-hydrogen) atoms. The first kappa shape index (κ1) is 13.4. The van der Waals surface area contributed by atoms with E-state index in [1.165, 1.54) is 5.56 Å². The van der Waals surface area contributed by atoms with Gasteiger partial charge in [-0.05, 0) is 24.6 Å². The first-order chi connectivity index (χ1) is 10.3. The van der Waals surface area contributed by atoms with Gasteiger partial charge >= 0.3 is 0 Å². The van der Waals surface area contributed by atoms with E-state index < -0.39 is 0 Å². The Morgan fingerprint density at radius 1 is 1.05 bits per heavy atom. The SMILES string of the molecule is COc1ccc2c(NC(C)c3ccccc3)ncnc2c1. The van der Waals surface area contributed by atoms with E-state index in [4.69, 9.17) is 4.74 Å². The maximum atomic E-state index is 5.23. The number of hydrogen-bond donors (Lipinski definition) is 1. The molecule has 0 spiro atoms. The van der Waals surface area contributed by atoms with Crippen molar-refractivity contribution in [2.75, 3.05) is 12.4 Å². The topological polar surface area (TPSA) is 47.0 Å². The van der Waals surface area contributed by atoms with Gasteiger partial charge in [-0.25, -0.2) is 9.97 Å². The number of hydrogen-bond acceptors (Lipinski definition) is 4. The van der Waals surface area contributed by atoms with Crippen molar-refractivity contribution in [3.05, 3.63) is 60.4 Å². The van der Waals surface area contributed by atoms with E-state index in [0.29, 0.717) is 0 Å². The van der Waals surface area contributed by atoms with Gasteiger partial charge in [0.1, 0.15) is 17.9 Å². The lowest BCUT2D eigenvalue weighted by Crippen LogP contribution is -2.08. The second kappa shape index (κ2) is 5.79. The van der Waals surface area contributed by atoms with Crippen LogP contribution in [0.15, 0.2) is 54.9 Å². The van der Waals surface area contributed by atoms with E-state index in [2.05, 4.69) is 34.3 Å². The molecular formula is C17H17N3O. The molecule has 1 atom stereocenters. The van der Waals surface area contributed by atoms with Crippen LogP contribution in [0.1, 0.15) is 18.5 Å². The van der Waals surface area contributed by atoms with Gasteiger partial charge < -0.3 is 10.1 Å². The Morgan fingerprint density at radius 2 is 1.86 bits per heavy atom. The molecule has 0 amide bonds. The molecule has 0 aliphatic rings. The minimum absolute atomic E-state index is 0.173. The van der Waals surface area contributed by atoms with Crippen LogP contribution in [0.25, 0.3) is 10.9 Å². The van der Waals surface area contributed by atoms with Crippen LogP contribution in [-0.2, 0) is 0 Å². The van der Waals surface area contributed by atoms with Crippen LogP contribution in [0.3, 0.4) is 0 Å². The summed E-state index contributed by atoms with van der Waals surface area (Å²) in [6, 6.07) is 16.3. The molecule has 4 heteroatoms. The molecule has 1 unspecified atom stereocenters. The molecule has 0 saturated carbocycles. The summed E-state index contributed by atoms with van der Waals surface area (Å²) >= 11 is 0. The van der Waals surface area contributed by atoms with Crippen LogP contribution in [0.4, 0.5) is 5.82 Å². The number of nitrogens with zero attached hydrogens (tertiary/aromatic N) is 2. The monoisotopic (exact) mass is 279 g/mol. The predicted octanol–water partition coefficient (Wildman–Crippen LogP) is 3.81. The largest absolute Gasteiger partial charge is 0.497 e. The summed E-state index contributed by atoms with van der Waals surface area (Å²) < 4.78 is 5.23. The molecule has 0 radical (unpaired) electrons. The maximum absolute atomic E-state index is 5.23. The Hall–Kier alpha value is -2.62. The van der Waals surface area contributed by atoms with Crippen molar-refractivity contribution in [1.82, 2.24) is 9.97 Å². The lowest BCUT2D eigenvalue weighted by atomic mass is 10.1. The van der Waals surface area contributed by atoms with Crippen LogP contribution in [0, 0.1) is 0 Å². The minimum Gasteiger partial charge on any atom is -0.497 e. The molecule has 1 aromatic heterocycles. The fourth-order valence-corrected chi connectivity index (χ4v) is 2.31. The number of methoxy groups -OCH3 is 1. The summed E-state index contributed by atoms with van der Waals surface area (Å²) in [5.41, 5.74) is 2.09. The third kappa shape index (κ3) is 2.79. The van der Waals surface area contributed by atoms with E-state index >= 15 is 0 Å². The lowest BCUT2D eigenvalue weighted by Gasteiger charge is -2.16. The molecule has 2 aromatic carbocycles. The molecule has 4 nitrogen and oxygen atoms in total. The highest BCUT2D eigenvalue weighted by molar-refractivity contribution is 5.89. The number of nitrogens with one attached hydrogen (secondary N) is 1. The maximum Gasteiger partial charge on any atom is 0.137 e. The summed E-state index contributed by atoms with van der Waals surface area (Å²) in [4.78, 5) is 8.66. The number of aromatic nitrogens is 2. The zero-order valence-electron chi connectivity index (χ0n) is 12.1. The third-order valence-electron chi connectivity index (χ3n) is 3.50. The van der Waals surface area contributed by atoms with Crippen molar-refractivity contribution in [2.45, 2.75) is 13.0 Å². The summed E-state index contributed by atoms with van der Waals surface area (Å²) in [7, 11) is 1.65. The molecule has 3 rings (SSSR count). The molecular weight excluding hydrogens is 262 g/mol. The van der Waals surface area contributed by atoms with E-state index in [-0.39, 0.29) is 6.04 Å². The molecule has 0 aliphatic carbocycles. The molecule has 0 saturated heterocycles. The van der Waals surface area contributed by atoms with Crippen molar-refractivity contribution in [3.8, 4) is 5.75 Å². The summed E-state index contributed by atoms with van der Waals surface area (Å²) in [6.45, 7) is 2.12. The average Bonchev–Trinajstić information content (AvgIpc) is 2.55. The van der Waals surface area contributed by atoms with Gasteiger partial charge in [0, 0.05) is 17.5 Å². The Balaban J connectivity index is 1.94. The van der Waals surface area contributed by atoms with Gasteiger partial charge in [-0.3, -0.25) is 0 Å². The van der Waals surface area contributed by atoms with E-state index in [9.17, 15) is 0 Å². The van der Waals surface area contributed by atoms with E-state index in [1.807, 2.05) is 36.4 Å². The van der Waals surface area contributed by atoms with E-state index in [1.54, 1.807) is 13.4 Å². The average molecular weight is 279 g/mol. The van der Waals surface area contributed by atoms with Crippen molar-refractivity contribution >= 4 is 16.7 Å². The zero-order chi connectivity index (χ0) is 14.7. The van der Waals surface area contributed by atoms with Crippen molar-refractivity contribution < 1.29 is 4.74 Å². The Labute approximate surface area is 123 Å². The van der Waals surface area contributed by atoms with Crippen molar-refractivity contribution in [2.24, 2.45) is 0 Å². The smallest absolute Gasteiger partial charge is 0.137 e. The highest BCUT2D eigenvalue weighted by Gasteiger charge is 2.09. The van der Waals surface area contributed by atoms with Crippen LogP contribution in [0.5, 0.6) is 5.75 Å². The molecule has 0 fully saturated rings. The summed E-state index contributed by atoms with van der Waals surface area (Å²) in [6.07, 6.45) is 1.57. The second-order valence-corrected chi connectivity index (χ2v) is 4.88. The van der Waals surface area contributed by atoms with Crippen LogP contribution >= 0.6 is 0 Å². The number of ether oxygens (including phenoxy) is 1. The van der Waals surface area contributed by atoms with Crippen LogP contribution < -0.4 is 10.1 Å². The number of rotatable bonds is 4. The second-order valence-electron chi connectivity index (χ2n) is 4.88. The van der Waals surface area contributed by atoms with E-state index in [0.717, 1.165) is 22.5 Å². The molecule has 1 N–H and O–H groups in total. The number of benzene rings is 2. The van der Waals surface area contributed by atoms with Gasteiger partial charge in [0.2, 0.25) is 0 Å². The van der Waals surface area contributed by atoms with Crippen molar-refractivity contribution in [3.63, 3.8) is 0 Å². The number of anilines is 1. The summed E-state index contributed by atoms with van der Waals surface area (Å²) in [5, 5.41) is 4.43. The quantitative estimate of drug-likeness (QED) is 0.789. The normalized spacial score (nSPS) is 12.1. The molecule has 0 aliphatic heterocycles. The highest BCUT2D eigenvalue weighted by Crippen LogP contribution is 2.26. The first-order valence-corrected chi connectivity index (χ1v) is 6.88. The fraction of sp³-hybridized carbons (Fsp3) is 0.176. The molecule has 106 valence electrons. The first-order valence-electron chi connectivity index (χ1n) is 6.88. The summed E-state index contributed by atoms with van der Waals surface area (Å²) in [5.74, 6) is 1.63. The van der Waals surface area contributed by atoms with Crippen LogP contribution in [0.2, 0.25) is 0 Å². The van der Waals surface area contributed by atoms with Gasteiger partial charge in [-0.1, -0.05) is 30.3 Å². The van der Waals surface area contributed by atoms with Crippen LogP contribution in [-0.4, -0.2) is 17.1 Å². The highest BCUT2D eigenvalue weighted by atomic mass is 16.5. The van der Waals surface area contributed by atoms with Crippen molar-refractivity contribution in [1.29, 1.82) is 0 Å². The fourth-order valence-electron chi connectivity index (χ4n) is 2.31. The predicted molar refractivity (Wildman–Crippen MR) is 84.6 cm³/mol. The molecule has 3 aromatic rings.